The van der Waals surface area contributed by atoms with Gasteiger partial charge in [-0.2, -0.15) is 5.10 Å². The summed E-state index contributed by atoms with van der Waals surface area (Å²) in [5.74, 6) is 0.903. The molecule has 0 aliphatic rings. The summed E-state index contributed by atoms with van der Waals surface area (Å²) in [5, 5.41) is 10.3. The summed E-state index contributed by atoms with van der Waals surface area (Å²) in [6, 6.07) is 8.00. The first kappa shape index (κ1) is 12.5. The second-order valence-corrected chi connectivity index (χ2v) is 4.22. The number of ether oxygens (including phenoxy) is 1. The maximum Gasteiger partial charge on any atom is 0.142 e. The van der Waals surface area contributed by atoms with E-state index in [0.717, 1.165) is 36.7 Å². The first-order valence-corrected chi connectivity index (χ1v) is 6.25. The van der Waals surface area contributed by atoms with E-state index in [1.165, 1.54) is 5.56 Å². The molecule has 0 saturated heterocycles. The third kappa shape index (κ3) is 3.03. The summed E-state index contributed by atoms with van der Waals surface area (Å²) in [7, 11) is 0. The van der Waals surface area contributed by atoms with Crippen LogP contribution < -0.4 is 10.1 Å². The molecule has 18 heavy (non-hydrogen) atoms. The Morgan fingerprint density at radius 1 is 1.33 bits per heavy atom. The van der Waals surface area contributed by atoms with Crippen molar-refractivity contribution in [1.29, 1.82) is 0 Å². The molecule has 0 amide bonds. The highest BCUT2D eigenvalue weighted by atomic mass is 16.5. The van der Waals surface area contributed by atoms with Crippen LogP contribution in [0.2, 0.25) is 0 Å². The summed E-state index contributed by atoms with van der Waals surface area (Å²) in [5.41, 5.74) is 3.28. The number of nitrogens with zero attached hydrogens (tertiary/aromatic N) is 1. The molecular formula is C14H19N3O. The minimum atomic E-state index is 0.740. The van der Waals surface area contributed by atoms with Crippen LogP contribution in [0.1, 0.15) is 24.6 Å². The Morgan fingerprint density at radius 2 is 2.17 bits per heavy atom. The molecule has 1 aromatic heterocycles. The van der Waals surface area contributed by atoms with Gasteiger partial charge in [-0.05, 0) is 25.5 Å². The molecule has 0 atom stereocenters. The Hall–Kier alpha value is -1.97. The monoisotopic (exact) mass is 245 g/mol. The van der Waals surface area contributed by atoms with Gasteiger partial charge in [0.2, 0.25) is 0 Å². The highest BCUT2D eigenvalue weighted by molar-refractivity contribution is 5.56. The summed E-state index contributed by atoms with van der Waals surface area (Å²) in [6.45, 7) is 5.60. The smallest absolute Gasteiger partial charge is 0.142 e. The first-order valence-electron chi connectivity index (χ1n) is 6.25. The van der Waals surface area contributed by atoms with Crippen LogP contribution in [0.15, 0.2) is 30.5 Å². The van der Waals surface area contributed by atoms with Crippen LogP contribution in [0.25, 0.3) is 0 Å². The lowest BCUT2D eigenvalue weighted by Gasteiger charge is -2.12. The van der Waals surface area contributed by atoms with Gasteiger partial charge in [-0.25, -0.2) is 0 Å². The third-order valence-electron chi connectivity index (χ3n) is 2.75. The summed E-state index contributed by atoms with van der Waals surface area (Å²) in [4.78, 5) is 0. The highest BCUT2D eigenvalue weighted by Crippen LogP contribution is 2.24. The maximum absolute atomic E-state index is 5.70. The molecule has 0 aliphatic carbocycles. The van der Waals surface area contributed by atoms with E-state index in [0.29, 0.717) is 0 Å². The van der Waals surface area contributed by atoms with E-state index in [-0.39, 0.29) is 0 Å². The average Bonchev–Trinajstić information content (AvgIpc) is 2.80. The van der Waals surface area contributed by atoms with Crippen LogP contribution in [-0.2, 0) is 6.54 Å². The zero-order valence-electron chi connectivity index (χ0n) is 10.9. The zero-order valence-corrected chi connectivity index (χ0v) is 10.9. The summed E-state index contributed by atoms with van der Waals surface area (Å²) >= 11 is 0. The Kier molecular flexibility index (Phi) is 4.23. The molecule has 0 spiro atoms. The topological polar surface area (TPSA) is 49.9 Å². The number of aryl methyl sites for hydroxylation is 1. The van der Waals surface area contributed by atoms with Crippen LogP contribution in [0, 0.1) is 6.92 Å². The Labute approximate surface area is 107 Å². The normalized spacial score (nSPS) is 10.3. The lowest BCUT2D eigenvalue weighted by molar-refractivity contribution is 0.319. The van der Waals surface area contributed by atoms with E-state index >= 15 is 0 Å². The van der Waals surface area contributed by atoms with Crippen molar-refractivity contribution < 1.29 is 4.74 Å². The van der Waals surface area contributed by atoms with Crippen LogP contribution >= 0.6 is 0 Å². The maximum atomic E-state index is 5.70. The Balaban J connectivity index is 2.02. The van der Waals surface area contributed by atoms with Gasteiger partial charge >= 0.3 is 0 Å². The quantitative estimate of drug-likeness (QED) is 0.822. The molecule has 4 nitrogen and oxygen atoms in total. The predicted molar refractivity (Wildman–Crippen MR) is 72.9 cm³/mol. The van der Waals surface area contributed by atoms with Crippen molar-refractivity contribution in [2.24, 2.45) is 0 Å². The third-order valence-corrected chi connectivity index (χ3v) is 2.75. The number of rotatable bonds is 6. The minimum absolute atomic E-state index is 0.740. The van der Waals surface area contributed by atoms with Crippen LogP contribution in [0.4, 0.5) is 5.69 Å². The van der Waals surface area contributed by atoms with E-state index in [2.05, 4.69) is 22.4 Å². The lowest BCUT2D eigenvalue weighted by Crippen LogP contribution is -2.03. The molecule has 4 heteroatoms. The first-order chi connectivity index (χ1) is 8.81. The van der Waals surface area contributed by atoms with E-state index < -0.39 is 0 Å². The van der Waals surface area contributed by atoms with Gasteiger partial charge in [0, 0.05) is 17.8 Å². The van der Waals surface area contributed by atoms with Crippen molar-refractivity contribution >= 4 is 5.69 Å². The fourth-order valence-corrected chi connectivity index (χ4v) is 1.69. The van der Waals surface area contributed by atoms with Crippen molar-refractivity contribution in [3.05, 3.63) is 41.7 Å². The molecule has 0 fully saturated rings. The number of hydrogen-bond acceptors (Lipinski definition) is 3. The molecule has 2 aromatic rings. The molecule has 0 bridgehead atoms. The van der Waals surface area contributed by atoms with Crippen LogP contribution in [0.5, 0.6) is 5.75 Å². The van der Waals surface area contributed by atoms with Gasteiger partial charge in [-0.1, -0.05) is 19.1 Å². The fraction of sp³-hybridized carbons (Fsp3) is 0.357. The molecule has 1 heterocycles. The molecule has 2 rings (SSSR count). The van der Waals surface area contributed by atoms with Crippen molar-refractivity contribution in [3.8, 4) is 5.75 Å². The second kappa shape index (κ2) is 6.10. The van der Waals surface area contributed by atoms with Gasteiger partial charge < -0.3 is 10.1 Å². The fourth-order valence-electron chi connectivity index (χ4n) is 1.69. The number of benzene rings is 1. The molecule has 0 unspecified atom stereocenters. The predicted octanol–water partition coefficient (Wildman–Crippen LogP) is 3.12. The van der Waals surface area contributed by atoms with E-state index in [4.69, 9.17) is 4.74 Å². The van der Waals surface area contributed by atoms with Crippen LogP contribution in [0.3, 0.4) is 0 Å². The van der Waals surface area contributed by atoms with Gasteiger partial charge in [0.1, 0.15) is 5.75 Å². The van der Waals surface area contributed by atoms with Crippen molar-refractivity contribution in [3.63, 3.8) is 0 Å². The van der Waals surface area contributed by atoms with Gasteiger partial charge in [0.05, 0.1) is 18.5 Å². The number of aromatic nitrogens is 2. The number of aromatic amines is 1. The molecule has 1 aromatic carbocycles. The molecule has 2 N–H and O–H groups in total. The number of hydrogen-bond donors (Lipinski definition) is 2. The minimum Gasteiger partial charge on any atom is -0.491 e. The molecule has 0 aliphatic heterocycles. The Morgan fingerprint density at radius 3 is 2.89 bits per heavy atom. The molecule has 96 valence electrons. The van der Waals surface area contributed by atoms with E-state index in [1.807, 2.05) is 37.4 Å². The number of anilines is 1. The summed E-state index contributed by atoms with van der Waals surface area (Å²) < 4.78 is 5.70. The number of para-hydroxylation sites is 2. The van der Waals surface area contributed by atoms with Crippen LogP contribution in [-0.4, -0.2) is 16.8 Å². The van der Waals surface area contributed by atoms with Gasteiger partial charge in [-0.15, -0.1) is 0 Å². The van der Waals surface area contributed by atoms with Gasteiger partial charge in [-0.3, -0.25) is 5.10 Å². The van der Waals surface area contributed by atoms with E-state index in [1.54, 1.807) is 0 Å². The molecule has 0 radical (unpaired) electrons. The second-order valence-electron chi connectivity index (χ2n) is 4.22. The molecular weight excluding hydrogens is 226 g/mol. The van der Waals surface area contributed by atoms with Gasteiger partial charge in [0.25, 0.3) is 0 Å². The standard InChI is InChI=1S/C14H19N3O/c1-3-8-18-14-7-5-4-6-13(14)15-9-12-10-16-17-11(12)2/h4-7,10,15H,3,8-9H2,1-2H3,(H,16,17). The average molecular weight is 245 g/mol. The number of H-pyrrole nitrogens is 1. The largest absolute Gasteiger partial charge is 0.491 e. The lowest BCUT2D eigenvalue weighted by atomic mass is 10.2. The van der Waals surface area contributed by atoms with E-state index in [9.17, 15) is 0 Å². The zero-order chi connectivity index (χ0) is 12.8. The highest BCUT2D eigenvalue weighted by Gasteiger charge is 2.04. The molecule has 0 saturated carbocycles. The van der Waals surface area contributed by atoms with Crippen molar-refractivity contribution in [2.45, 2.75) is 26.8 Å². The van der Waals surface area contributed by atoms with Crippen molar-refractivity contribution in [2.75, 3.05) is 11.9 Å². The SMILES string of the molecule is CCCOc1ccccc1NCc1cn[nH]c1C. The number of nitrogens with one attached hydrogen (secondary N) is 2. The summed E-state index contributed by atoms with van der Waals surface area (Å²) in [6.07, 6.45) is 2.85. The Bertz CT molecular complexity index is 493. The van der Waals surface area contributed by atoms with Crippen molar-refractivity contribution in [1.82, 2.24) is 10.2 Å². The van der Waals surface area contributed by atoms with Gasteiger partial charge in [0.15, 0.2) is 0 Å².